The van der Waals surface area contributed by atoms with Gasteiger partial charge in [0, 0.05) is 24.3 Å². The monoisotopic (exact) mass is 332 g/mol. The highest BCUT2D eigenvalue weighted by atomic mass is 35.5. The summed E-state index contributed by atoms with van der Waals surface area (Å²) in [5, 5.41) is 6.63. The van der Waals surface area contributed by atoms with E-state index in [9.17, 15) is 4.79 Å². The smallest absolute Gasteiger partial charge is 0.270 e. The Morgan fingerprint density at radius 1 is 1.26 bits per heavy atom. The van der Waals surface area contributed by atoms with E-state index in [0.717, 1.165) is 12.0 Å². The van der Waals surface area contributed by atoms with Gasteiger partial charge < -0.3 is 10.6 Å². The SMILES string of the molecule is CC(C)CCNC(=O)c1ccnc(NCc2ccccc2Cl)n1. The molecule has 2 aromatic rings. The lowest BCUT2D eigenvalue weighted by Gasteiger charge is -2.09. The topological polar surface area (TPSA) is 66.9 Å². The molecule has 1 heterocycles. The minimum Gasteiger partial charge on any atom is -0.351 e. The summed E-state index contributed by atoms with van der Waals surface area (Å²) in [6.07, 6.45) is 2.51. The lowest BCUT2D eigenvalue weighted by molar-refractivity contribution is 0.0947. The second-order valence-corrected chi connectivity index (χ2v) is 6.06. The number of carbonyl (C=O) groups is 1. The molecule has 0 atom stereocenters. The van der Waals surface area contributed by atoms with Gasteiger partial charge in [-0.3, -0.25) is 4.79 Å². The molecule has 0 unspecified atom stereocenters. The summed E-state index contributed by atoms with van der Waals surface area (Å²) in [6, 6.07) is 9.16. The summed E-state index contributed by atoms with van der Waals surface area (Å²) in [4.78, 5) is 20.4. The van der Waals surface area contributed by atoms with Crippen LogP contribution in [-0.2, 0) is 6.54 Å². The van der Waals surface area contributed by atoms with Crippen LogP contribution in [0.3, 0.4) is 0 Å². The molecular formula is C17H21ClN4O. The number of nitrogens with zero attached hydrogens (tertiary/aromatic N) is 2. The minimum absolute atomic E-state index is 0.186. The summed E-state index contributed by atoms with van der Waals surface area (Å²) in [6.45, 7) is 5.38. The van der Waals surface area contributed by atoms with Crippen LogP contribution in [0.5, 0.6) is 0 Å². The summed E-state index contributed by atoms with van der Waals surface area (Å²) in [5.41, 5.74) is 1.30. The number of anilines is 1. The maximum absolute atomic E-state index is 12.1. The molecule has 5 nitrogen and oxygen atoms in total. The zero-order valence-electron chi connectivity index (χ0n) is 13.3. The first-order valence-electron chi connectivity index (χ1n) is 7.65. The van der Waals surface area contributed by atoms with E-state index >= 15 is 0 Å². The predicted molar refractivity (Wildman–Crippen MR) is 92.6 cm³/mol. The highest BCUT2D eigenvalue weighted by Crippen LogP contribution is 2.15. The Morgan fingerprint density at radius 3 is 2.78 bits per heavy atom. The van der Waals surface area contributed by atoms with Gasteiger partial charge in [-0.25, -0.2) is 9.97 Å². The van der Waals surface area contributed by atoms with Crippen molar-refractivity contribution >= 4 is 23.5 Å². The second-order valence-electron chi connectivity index (χ2n) is 5.65. The molecule has 1 aromatic carbocycles. The van der Waals surface area contributed by atoms with Crippen LogP contribution in [0.25, 0.3) is 0 Å². The summed E-state index contributed by atoms with van der Waals surface area (Å²) >= 11 is 6.11. The maximum Gasteiger partial charge on any atom is 0.270 e. The van der Waals surface area contributed by atoms with Crippen LogP contribution in [0, 0.1) is 5.92 Å². The molecule has 0 bridgehead atoms. The average Bonchev–Trinajstić information content (AvgIpc) is 2.54. The van der Waals surface area contributed by atoms with Crippen LogP contribution in [0.15, 0.2) is 36.5 Å². The van der Waals surface area contributed by atoms with Crippen molar-refractivity contribution in [1.29, 1.82) is 0 Å². The molecule has 0 spiro atoms. The Hall–Kier alpha value is -2.14. The second kappa shape index (κ2) is 8.48. The largest absolute Gasteiger partial charge is 0.351 e. The molecule has 1 amide bonds. The van der Waals surface area contributed by atoms with Gasteiger partial charge in [0.05, 0.1) is 0 Å². The number of hydrogen-bond donors (Lipinski definition) is 2. The van der Waals surface area contributed by atoms with Crippen molar-refractivity contribution in [2.24, 2.45) is 5.92 Å². The van der Waals surface area contributed by atoms with E-state index in [0.29, 0.717) is 35.7 Å². The number of aromatic nitrogens is 2. The fourth-order valence-electron chi connectivity index (χ4n) is 1.95. The van der Waals surface area contributed by atoms with Gasteiger partial charge in [-0.15, -0.1) is 0 Å². The van der Waals surface area contributed by atoms with E-state index in [-0.39, 0.29) is 5.91 Å². The molecule has 2 N–H and O–H groups in total. The van der Waals surface area contributed by atoms with E-state index in [1.807, 2.05) is 24.3 Å². The standard InChI is InChI=1S/C17H21ClN4O/c1-12(2)7-9-19-16(23)15-8-10-20-17(22-15)21-11-13-5-3-4-6-14(13)18/h3-6,8,10,12H,7,9,11H2,1-2H3,(H,19,23)(H,20,21,22). The molecule has 0 aliphatic heterocycles. The van der Waals surface area contributed by atoms with Gasteiger partial charge in [-0.2, -0.15) is 0 Å². The van der Waals surface area contributed by atoms with Crippen LogP contribution < -0.4 is 10.6 Å². The highest BCUT2D eigenvalue weighted by Gasteiger charge is 2.09. The maximum atomic E-state index is 12.1. The van der Waals surface area contributed by atoms with Gasteiger partial charge in [-0.05, 0) is 30.0 Å². The Balaban J connectivity index is 1.94. The third kappa shape index (κ3) is 5.53. The molecule has 2 rings (SSSR count). The first-order valence-corrected chi connectivity index (χ1v) is 8.02. The number of hydrogen-bond acceptors (Lipinski definition) is 4. The van der Waals surface area contributed by atoms with Gasteiger partial charge >= 0.3 is 0 Å². The third-order valence-electron chi connectivity index (χ3n) is 3.29. The molecule has 23 heavy (non-hydrogen) atoms. The fraction of sp³-hybridized carbons (Fsp3) is 0.353. The highest BCUT2D eigenvalue weighted by molar-refractivity contribution is 6.31. The third-order valence-corrected chi connectivity index (χ3v) is 3.66. The van der Waals surface area contributed by atoms with E-state index in [4.69, 9.17) is 11.6 Å². The van der Waals surface area contributed by atoms with E-state index < -0.39 is 0 Å². The number of halogens is 1. The number of amides is 1. The Bertz CT molecular complexity index is 661. The number of nitrogens with one attached hydrogen (secondary N) is 2. The van der Waals surface area contributed by atoms with Crippen molar-refractivity contribution in [2.45, 2.75) is 26.8 Å². The van der Waals surface area contributed by atoms with Crippen LogP contribution in [-0.4, -0.2) is 22.4 Å². The number of benzene rings is 1. The van der Waals surface area contributed by atoms with Crippen molar-refractivity contribution in [3.8, 4) is 0 Å². The van der Waals surface area contributed by atoms with Crippen LogP contribution >= 0.6 is 11.6 Å². The Kier molecular flexibility index (Phi) is 6.35. The lowest BCUT2D eigenvalue weighted by atomic mass is 10.1. The van der Waals surface area contributed by atoms with Crippen LogP contribution in [0.2, 0.25) is 5.02 Å². The van der Waals surface area contributed by atoms with Gasteiger partial charge in [0.25, 0.3) is 5.91 Å². The molecule has 0 fully saturated rings. The van der Waals surface area contributed by atoms with Gasteiger partial charge in [-0.1, -0.05) is 43.6 Å². The van der Waals surface area contributed by atoms with Crippen molar-refractivity contribution in [1.82, 2.24) is 15.3 Å². The van der Waals surface area contributed by atoms with E-state index in [2.05, 4.69) is 34.4 Å². The summed E-state index contributed by atoms with van der Waals surface area (Å²) < 4.78 is 0. The van der Waals surface area contributed by atoms with Gasteiger partial charge in [0.1, 0.15) is 5.69 Å². The molecule has 0 aliphatic rings. The van der Waals surface area contributed by atoms with Gasteiger partial charge in [0.2, 0.25) is 5.95 Å². The first kappa shape index (κ1) is 17.2. The predicted octanol–water partition coefficient (Wildman–Crippen LogP) is 3.52. The van der Waals surface area contributed by atoms with Crippen molar-refractivity contribution in [2.75, 3.05) is 11.9 Å². The first-order chi connectivity index (χ1) is 11.1. The van der Waals surface area contributed by atoms with Crippen molar-refractivity contribution in [3.63, 3.8) is 0 Å². The zero-order chi connectivity index (χ0) is 16.7. The molecule has 1 aromatic heterocycles. The Morgan fingerprint density at radius 2 is 2.04 bits per heavy atom. The molecule has 0 aliphatic carbocycles. The minimum atomic E-state index is -0.186. The summed E-state index contributed by atoms with van der Waals surface area (Å²) in [7, 11) is 0. The molecule has 0 saturated carbocycles. The molecule has 122 valence electrons. The number of rotatable bonds is 7. The van der Waals surface area contributed by atoms with Gasteiger partial charge in [0.15, 0.2) is 0 Å². The van der Waals surface area contributed by atoms with Crippen molar-refractivity contribution in [3.05, 3.63) is 52.8 Å². The molecule has 0 radical (unpaired) electrons. The average molecular weight is 333 g/mol. The van der Waals surface area contributed by atoms with Crippen molar-refractivity contribution < 1.29 is 4.79 Å². The number of carbonyl (C=O) groups excluding carboxylic acids is 1. The lowest BCUT2D eigenvalue weighted by Crippen LogP contribution is -2.26. The Labute approximate surface area is 141 Å². The van der Waals surface area contributed by atoms with E-state index in [1.165, 1.54) is 0 Å². The fourth-order valence-corrected chi connectivity index (χ4v) is 2.15. The van der Waals surface area contributed by atoms with E-state index in [1.54, 1.807) is 12.3 Å². The normalized spacial score (nSPS) is 10.6. The quantitative estimate of drug-likeness (QED) is 0.814. The molecular weight excluding hydrogens is 312 g/mol. The zero-order valence-corrected chi connectivity index (χ0v) is 14.1. The van der Waals surface area contributed by atoms with Crippen LogP contribution in [0.4, 0.5) is 5.95 Å². The summed E-state index contributed by atoms with van der Waals surface area (Å²) in [5.74, 6) is 0.767. The molecule has 0 saturated heterocycles. The molecule has 6 heteroatoms. The van der Waals surface area contributed by atoms with Crippen LogP contribution in [0.1, 0.15) is 36.3 Å².